The summed E-state index contributed by atoms with van der Waals surface area (Å²) in [7, 11) is 1.81. The zero-order valence-electron chi connectivity index (χ0n) is 11.8. The molecule has 0 aliphatic carbocycles. The molecule has 0 aliphatic heterocycles. The van der Waals surface area contributed by atoms with Gasteiger partial charge in [0.15, 0.2) is 0 Å². The first-order valence-corrected chi connectivity index (χ1v) is 6.53. The lowest BCUT2D eigenvalue weighted by atomic mass is 10.0. The van der Waals surface area contributed by atoms with Crippen molar-refractivity contribution in [1.29, 1.82) is 0 Å². The van der Waals surface area contributed by atoms with E-state index in [0.717, 1.165) is 12.2 Å². The number of aliphatic hydroxyl groups is 1. The van der Waals surface area contributed by atoms with Crippen LogP contribution in [0.15, 0.2) is 6.33 Å². The van der Waals surface area contributed by atoms with Crippen molar-refractivity contribution in [3.05, 3.63) is 12.2 Å². The summed E-state index contributed by atoms with van der Waals surface area (Å²) in [5.74, 6) is 1.17. The Bertz CT molecular complexity index is 391. The van der Waals surface area contributed by atoms with Crippen molar-refractivity contribution in [3.8, 4) is 0 Å². The third-order valence-corrected chi connectivity index (χ3v) is 2.69. The fourth-order valence-corrected chi connectivity index (χ4v) is 1.81. The van der Waals surface area contributed by atoms with Gasteiger partial charge in [0.1, 0.15) is 12.2 Å². The third-order valence-electron chi connectivity index (χ3n) is 2.69. The van der Waals surface area contributed by atoms with Gasteiger partial charge in [-0.1, -0.05) is 13.8 Å². The molecule has 0 spiro atoms. The van der Waals surface area contributed by atoms with Gasteiger partial charge in [0.05, 0.1) is 6.04 Å². The van der Waals surface area contributed by atoms with Crippen molar-refractivity contribution in [1.82, 2.24) is 25.4 Å². The molecule has 108 valence electrons. The Morgan fingerprint density at radius 3 is 2.79 bits per heavy atom. The molecule has 2 amide bonds. The molecule has 0 unspecified atom stereocenters. The molecule has 0 fully saturated rings. The van der Waals surface area contributed by atoms with Gasteiger partial charge in [-0.05, 0) is 18.8 Å². The Morgan fingerprint density at radius 1 is 1.53 bits per heavy atom. The highest BCUT2D eigenvalue weighted by Gasteiger charge is 2.20. The molecule has 0 aromatic carbocycles. The van der Waals surface area contributed by atoms with Crippen molar-refractivity contribution in [2.75, 3.05) is 13.2 Å². The van der Waals surface area contributed by atoms with Gasteiger partial charge in [0.25, 0.3) is 0 Å². The number of nitrogens with one attached hydrogen (secondary N) is 2. The Hall–Kier alpha value is -1.63. The van der Waals surface area contributed by atoms with Crippen LogP contribution >= 0.6 is 0 Å². The predicted molar refractivity (Wildman–Crippen MR) is 71.4 cm³/mol. The largest absolute Gasteiger partial charge is 0.396 e. The van der Waals surface area contributed by atoms with Crippen LogP contribution in [-0.2, 0) is 7.05 Å². The normalized spacial score (nSPS) is 12.5. The number of urea groups is 1. The molecule has 1 aromatic rings. The summed E-state index contributed by atoms with van der Waals surface area (Å²) in [6.07, 6.45) is 2.82. The fourth-order valence-electron chi connectivity index (χ4n) is 1.81. The van der Waals surface area contributed by atoms with Crippen molar-refractivity contribution in [3.63, 3.8) is 0 Å². The van der Waals surface area contributed by atoms with Gasteiger partial charge in [-0.25, -0.2) is 9.78 Å². The maximum Gasteiger partial charge on any atom is 0.315 e. The first-order valence-electron chi connectivity index (χ1n) is 6.53. The molecule has 0 radical (unpaired) electrons. The van der Waals surface area contributed by atoms with Crippen LogP contribution in [0, 0.1) is 5.92 Å². The molecular weight excluding hydrogens is 246 g/mol. The van der Waals surface area contributed by atoms with E-state index in [4.69, 9.17) is 5.11 Å². The van der Waals surface area contributed by atoms with Gasteiger partial charge in [-0.3, -0.25) is 4.68 Å². The molecule has 1 heterocycles. The molecule has 7 nitrogen and oxygen atoms in total. The van der Waals surface area contributed by atoms with Gasteiger partial charge < -0.3 is 15.7 Å². The topological polar surface area (TPSA) is 92.1 Å². The number of carbonyl (C=O) groups is 1. The van der Waals surface area contributed by atoms with Crippen LogP contribution in [0.2, 0.25) is 0 Å². The summed E-state index contributed by atoms with van der Waals surface area (Å²) in [4.78, 5) is 15.9. The molecule has 0 saturated carbocycles. The smallest absolute Gasteiger partial charge is 0.315 e. The second kappa shape index (κ2) is 7.73. The predicted octanol–water partition coefficient (Wildman–Crippen LogP) is 0.584. The number of rotatable bonds is 7. The lowest BCUT2D eigenvalue weighted by Gasteiger charge is -2.20. The first-order chi connectivity index (χ1) is 9.04. The summed E-state index contributed by atoms with van der Waals surface area (Å²) < 4.78 is 1.67. The van der Waals surface area contributed by atoms with Crippen LogP contribution in [0.1, 0.15) is 38.6 Å². The summed E-state index contributed by atoms with van der Waals surface area (Å²) in [6, 6.07) is -0.413. The third kappa shape index (κ3) is 5.25. The quantitative estimate of drug-likeness (QED) is 0.631. The van der Waals surface area contributed by atoms with Gasteiger partial charge >= 0.3 is 6.03 Å². The first kappa shape index (κ1) is 15.4. The van der Waals surface area contributed by atoms with Crippen LogP contribution in [0.3, 0.4) is 0 Å². The van der Waals surface area contributed by atoms with Crippen molar-refractivity contribution >= 4 is 6.03 Å². The molecule has 0 saturated heterocycles. The highest BCUT2D eigenvalue weighted by Crippen LogP contribution is 2.18. The maximum absolute atomic E-state index is 11.8. The Labute approximate surface area is 113 Å². The van der Waals surface area contributed by atoms with Crippen molar-refractivity contribution < 1.29 is 9.90 Å². The Kier molecular flexibility index (Phi) is 6.27. The standard InChI is InChI=1S/C12H23N5O2/c1-9(2)7-10(11-14-8-15-17(11)3)16-12(19)13-5-4-6-18/h8-10,18H,4-7H2,1-3H3,(H2,13,16,19)/t10-/m0/s1. The molecule has 0 aliphatic rings. The highest BCUT2D eigenvalue weighted by atomic mass is 16.3. The molecule has 1 atom stereocenters. The molecule has 1 rings (SSSR count). The van der Waals surface area contributed by atoms with E-state index in [1.807, 2.05) is 0 Å². The van der Waals surface area contributed by atoms with Crippen LogP contribution in [-0.4, -0.2) is 39.1 Å². The zero-order chi connectivity index (χ0) is 14.3. The van der Waals surface area contributed by atoms with Crippen LogP contribution in [0.25, 0.3) is 0 Å². The van der Waals surface area contributed by atoms with E-state index < -0.39 is 0 Å². The lowest BCUT2D eigenvalue weighted by Crippen LogP contribution is -2.39. The van der Waals surface area contributed by atoms with Gasteiger partial charge in [0, 0.05) is 20.2 Å². The average molecular weight is 269 g/mol. The summed E-state index contributed by atoms with van der Waals surface area (Å²) in [5, 5.41) is 18.3. The van der Waals surface area contributed by atoms with Gasteiger partial charge in [-0.15, -0.1) is 0 Å². The summed E-state index contributed by atoms with van der Waals surface area (Å²) in [5.41, 5.74) is 0. The van der Waals surface area contributed by atoms with E-state index in [9.17, 15) is 4.79 Å². The fraction of sp³-hybridized carbons (Fsp3) is 0.750. The van der Waals surface area contributed by atoms with E-state index >= 15 is 0 Å². The number of hydrogen-bond donors (Lipinski definition) is 3. The molecule has 1 aromatic heterocycles. The lowest BCUT2D eigenvalue weighted by molar-refractivity contribution is 0.231. The number of aliphatic hydroxyl groups excluding tert-OH is 1. The SMILES string of the molecule is CC(C)C[C@H](NC(=O)NCCCO)c1ncnn1C. The van der Waals surface area contributed by atoms with Gasteiger partial charge in [0.2, 0.25) is 0 Å². The summed E-state index contributed by atoms with van der Waals surface area (Å²) >= 11 is 0. The number of carbonyl (C=O) groups excluding carboxylic acids is 1. The monoisotopic (exact) mass is 269 g/mol. The zero-order valence-corrected chi connectivity index (χ0v) is 11.8. The number of amides is 2. The molecule has 3 N–H and O–H groups in total. The van der Waals surface area contributed by atoms with E-state index in [-0.39, 0.29) is 18.7 Å². The molecular formula is C12H23N5O2. The second-order valence-electron chi connectivity index (χ2n) is 4.90. The van der Waals surface area contributed by atoms with Crippen LogP contribution in [0.5, 0.6) is 0 Å². The molecule has 19 heavy (non-hydrogen) atoms. The molecule has 7 heteroatoms. The minimum atomic E-state index is -0.248. The van der Waals surface area contributed by atoms with Crippen LogP contribution < -0.4 is 10.6 Å². The Morgan fingerprint density at radius 2 is 2.26 bits per heavy atom. The van der Waals surface area contributed by atoms with Crippen molar-refractivity contribution in [2.24, 2.45) is 13.0 Å². The number of aromatic nitrogens is 3. The average Bonchev–Trinajstić information content (AvgIpc) is 2.74. The maximum atomic E-state index is 11.8. The number of nitrogens with zero attached hydrogens (tertiary/aromatic N) is 3. The van der Waals surface area contributed by atoms with Crippen LogP contribution in [0.4, 0.5) is 4.79 Å². The number of hydrogen-bond acceptors (Lipinski definition) is 4. The van der Waals surface area contributed by atoms with E-state index in [1.165, 1.54) is 6.33 Å². The van der Waals surface area contributed by atoms with Gasteiger partial charge in [-0.2, -0.15) is 5.10 Å². The molecule has 0 bridgehead atoms. The van der Waals surface area contributed by atoms with E-state index in [0.29, 0.717) is 18.9 Å². The summed E-state index contributed by atoms with van der Waals surface area (Å²) in [6.45, 7) is 4.71. The second-order valence-corrected chi connectivity index (χ2v) is 4.90. The van der Waals surface area contributed by atoms with Crippen molar-refractivity contribution in [2.45, 2.75) is 32.7 Å². The van der Waals surface area contributed by atoms with E-state index in [2.05, 4.69) is 34.6 Å². The van der Waals surface area contributed by atoms with E-state index in [1.54, 1.807) is 11.7 Å². The Balaban J connectivity index is 2.60. The number of aryl methyl sites for hydroxylation is 1. The minimum absolute atomic E-state index is 0.0684. The minimum Gasteiger partial charge on any atom is -0.396 e. The highest BCUT2D eigenvalue weighted by molar-refractivity contribution is 5.74.